The molecule has 0 radical (unpaired) electrons. The molecule has 5 rings (SSSR count). The van der Waals surface area contributed by atoms with Gasteiger partial charge in [0.2, 0.25) is 5.91 Å². The van der Waals surface area contributed by atoms with Gasteiger partial charge in [0.25, 0.3) is 0 Å². The van der Waals surface area contributed by atoms with Gasteiger partial charge in [-0.25, -0.2) is 4.98 Å². The molecular formula is C28H26N4O. The zero-order chi connectivity index (χ0) is 22.9. The van der Waals surface area contributed by atoms with E-state index in [0.717, 1.165) is 62.1 Å². The molecule has 1 amide bonds. The number of amides is 1. The van der Waals surface area contributed by atoms with Crippen LogP contribution in [0.1, 0.15) is 13.8 Å². The summed E-state index contributed by atoms with van der Waals surface area (Å²) in [5.74, 6) is 0.00564. The van der Waals surface area contributed by atoms with Crippen LogP contribution in [-0.4, -0.2) is 29.5 Å². The van der Waals surface area contributed by atoms with Crippen LogP contribution in [-0.2, 0) is 4.79 Å². The summed E-state index contributed by atoms with van der Waals surface area (Å²) >= 11 is 0. The Labute approximate surface area is 193 Å². The van der Waals surface area contributed by atoms with E-state index in [0.29, 0.717) is 0 Å². The quantitative estimate of drug-likeness (QED) is 0.333. The third kappa shape index (κ3) is 3.72. The van der Waals surface area contributed by atoms with Crippen molar-refractivity contribution in [1.82, 2.24) is 9.97 Å². The molecule has 33 heavy (non-hydrogen) atoms. The molecule has 0 aliphatic carbocycles. The van der Waals surface area contributed by atoms with Crippen molar-refractivity contribution in [2.75, 3.05) is 23.8 Å². The molecule has 164 valence electrons. The van der Waals surface area contributed by atoms with E-state index >= 15 is 0 Å². The number of benzene rings is 3. The first kappa shape index (κ1) is 20.8. The van der Waals surface area contributed by atoms with Gasteiger partial charge in [0, 0.05) is 65.5 Å². The van der Waals surface area contributed by atoms with E-state index in [9.17, 15) is 4.79 Å². The molecule has 2 heterocycles. The summed E-state index contributed by atoms with van der Waals surface area (Å²) in [6.07, 6.45) is 1.94. The number of rotatable bonds is 5. The summed E-state index contributed by atoms with van der Waals surface area (Å²) in [6, 6.07) is 24.9. The van der Waals surface area contributed by atoms with Crippen molar-refractivity contribution >= 4 is 39.2 Å². The molecule has 5 nitrogen and oxygen atoms in total. The van der Waals surface area contributed by atoms with Crippen LogP contribution in [0, 0.1) is 0 Å². The Kier molecular flexibility index (Phi) is 5.31. The minimum atomic E-state index is 0.00564. The number of carbonyl (C=O) groups excluding carboxylic acids is 1. The first-order valence-electron chi connectivity index (χ1n) is 11.1. The fraction of sp³-hybridized carbons (Fsp3) is 0.143. The van der Waals surface area contributed by atoms with Gasteiger partial charge in [0.05, 0.1) is 0 Å². The Balaban J connectivity index is 1.78. The van der Waals surface area contributed by atoms with Crippen molar-refractivity contribution in [1.29, 1.82) is 0 Å². The zero-order valence-electron chi connectivity index (χ0n) is 19.0. The molecule has 0 bridgehead atoms. The lowest BCUT2D eigenvalue weighted by molar-refractivity contribution is -0.116. The minimum absolute atomic E-state index is 0.00564. The number of fused-ring (bicyclic) bond motifs is 3. The summed E-state index contributed by atoms with van der Waals surface area (Å²) in [5.41, 5.74) is 8.28. The minimum Gasteiger partial charge on any atom is -0.385 e. The average Bonchev–Trinajstić information content (AvgIpc) is 3.22. The first-order chi connectivity index (χ1) is 16.1. The van der Waals surface area contributed by atoms with Crippen molar-refractivity contribution in [3.8, 4) is 22.3 Å². The maximum Gasteiger partial charge on any atom is 0.223 e. The van der Waals surface area contributed by atoms with Crippen molar-refractivity contribution < 1.29 is 4.79 Å². The van der Waals surface area contributed by atoms with Crippen LogP contribution < -0.4 is 10.2 Å². The van der Waals surface area contributed by atoms with Gasteiger partial charge in [-0.1, -0.05) is 42.5 Å². The number of hydrogen-bond donors (Lipinski definition) is 2. The third-order valence-corrected chi connectivity index (χ3v) is 6.10. The van der Waals surface area contributed by atoms with E-state index in [-0.39, 0.29) is 5.91 Å². The molecule has 0 aliphatic heterocycles. The van der Waals surface area contributed by atoms with Crippen molar-refractivity contribution in [2.45, 2.75) is 13.8 Å². The van der Waals surface area contributed by atoms with Crippen molar-refractivity contribution in [3.05, 3.63) is 79.0 Å². The van der Waals surface area contributed by atoms with Crippen LogP contribution in [0.2, 0.25) is 0 Å². The third-order valence-electron chi connectivity index (χ3n) is 6.10. The van der Waals surface area contributed by atoms with Crippen LogP contribution >= 0.6 is 0 Å². The van der Waals surface area contributed by atoms with Crippen LogP contribution in [0.25, 0.3) is 44.2 Å². The molecule has 0 fully saturated rings. The highest BCUT2D eigenvalue weighted by Crippen LogP contribution is 2.41. The largest absolute Gasteiger partial charge is 0.385 e. The predicted molar refractivity (Wildman–Crippen MR) is 138 cm³/mol. The Hall–Kier alpha value is -4.12. The lowest BCUT2D eigenvalue weighted by Crippen LogP contribution is -2.22. The second-order valence-corrected chi connectivity index (χ2v) is 8.18. The lowest BCUT2D eigenvalue weighted by Gasteiger charge is -2.16. The summed E-state index contributed by atoms with van der Waals surface area (Å²) in [6.45, 7) is 4.53. The normalized spacial score (nSPS) is 11.1. The predicted octanol–water partition coefficient (Wildman–Crippen LogP) is 6.46. The highest BCUT2D eigenvalue weighted by Gasteiger charge is 2.18. The average molecular weight is 435 g/mol. The smallest absolute Gasteiger partial charge is 0.223 e. The van der Waals surface area contributed by atoms with Gasteiger partial charge >= 0.3 is 0 Å². The van der Waals surface area contributed by atoms with E-state index < -0.39 is 0 Å². The van der Waals surface area contributed by atoms with E-state index in [2.05, 4.69) is 71.8 Å². The molecule has 0 spiro atoms. The number of H-pyrrole nitrogens is 1. The van der Waals surface area contributed by atoms with Crippen molar-refractivity contribution in [3.63, 3.8) is 0 Å². The molecule has 5 aromatic rings. The second-order valence-electron chi connectivity index (χ2n) is 8.18. The molecule has 0 atom stereocenters. The monoisotopic (exact) mass is 434 g/mol. The van der Waals surface area contributed by atoms with Crippen LogP contribution in [0.15, 0.2) is 79.0 Å². The maximum atomic E-state index is 11.8. The highest BCUT2D eigenvalue weighted by molar-refractivity contribution is 6.16. The molecule has 0 aliphatic rings. The molecular weight excluding hydrogens is 408 g/mol. The number of aromatic amines is 1. The van der Waals surface area contributed by atoms with Crippen molar-refractivity contribution in [2.24, 2.45) is 0 Å². The number of nitrogens with one attached hydrogen (secondary N) is 2. The summed E-state index contributed by atoms with van der Waals surface area (Å²) in [7, 11) is 1.79. The number of anilines is 2. The van der Waals surface area contributed by atoms with Gasteiger partial charge < -0.3 is 15.2 Å². The SMILES string of the molecule is CCNc1ccc2[nH]c3ncc(-c4ccc(N(C)C(C)=O)cc4)c(-c4ccccc4)c3c2c1. The summed E-state index contributed by atoms with van der Waals surface area (Å²) < 4.78 is 0. The molecule has 0 unspecified atom stereocenters. The molecule has 0 saturated carbocycles. The van der Waals surface area contributed by atoms with Gasteiger partial charge in [-0.2, -0.15) is 0 Å². The molecule has 2 aromatic heterocycles. The first-order valence-corrected chi connectivity index (χ1v) is 11.1. The summed E-state index contributed by atoms with van der Waals surface area (Å²) in [4.78, 5) is 21.7. The number of nitrogens with zero attached hydrogens (tertiary/aromatic N) is 2. The van der Waals surface area contributed by atoms with Gasteiger partial charge in [0.15, 0.2) is 0 Å². The van der Waals surface area contributed by atoms with E-state index in [4.69, 9.17) is 4.98 Å². The lowest BCUT2D eigenvalue weighted by atomic mass is 9.92. The highest BCUT2D eigenvalue weighted by atomic mass is 16.2. The number of hydrogen-bond acceptors (Lipinski definition) is 3. The summed E-state index contributed by atoms with van der Waals surface area (Å²) in [5, 5.41) is 5.67. The standard InChI is InChI=1S/C28H26N4O/c1-4-29-21-12-15-25-23(16-21)27-26(20-8-6-5-7-9-20)24(17-30-28(27)31-25)19-10-13-22(14-11-19)32(3)18(2)33/h5-17,29H,4H2,1-3H3,(H,30,31). The Morgan fingerprint density at radius 2 is 1.76 bits per heavy atom. The Morgan fingerprint density at radius 3 is 2.45 bits per heavy atom. The van der Waals surface area contributed by atoms with Crippen LogP contribution in [0.4, 0.5) is 11.4 Å². The molecule has 2 N–H and O–H groups in total. The molecule has 0 saturated heterocycles. The Bertz CT molecular complexity index is 1450. The molecule has 3 aromatic carbocycles. The van der Waals surface area contributed by atoms with Crippen LogP contribution in [0.5, 0.6) is 0 Å². The second kappa shape index (κ2) is 8.43. The molecule has 5 heteroatoms. The maximum absolute atomic E-state index is 11.8. The van der Waals surface area contributed by atoms with E-state index in [1.54, 1.807) is 18.9 Å². The van der Waals surface area contributed by atoms with Crippen LogP contribution in [0.3, 0.4) is 0 Å². The van der Waals surface area contributed by atoms with E-state index in [1.807, 2.05) is 24.4 Å². The van der Waals surface area contributed by atoms with Gasteiger partial charge in [-0.05, 0) is 48.4 Å². The van der Waals surface area contributed by atoms with Gasteiger partial charge in [-0.3, -0.25) is 4.79 Å². The van der Waals surface area contributed by atoms with E-state index in [1.165, 1.54) is 0 Å². The Morgan fingerprint density at radius 1 is 1.00 bits per heavy atom. The van der Waals surface area contributed by atoms with Gasteiger partial charge in [-0.15, -0.1) is 0 Å². The zero-order valence-corrected chi connectivity index (χ0v) is 19.0. The topological polar surface area (TPSA) is 61.0 Å². The number of carbonyl (C=O) groups is 1. The fourth-order valence-corrected chi connectivity index (χ4v) is 4.34. The van der Waals surface area contributed by atoms with Gasteiger partial charge in [0.1, 0.15) is 5.65 Å². The number of pyridine rings is 1. The fourth-order valence-electron chi connectivity index (χ4n) is 4.34. The number of aromatic nitrogens is 2.